The predicted molar refractivity (Wildman–Crippen MR) is 116 cm³/mol. The lowest BCUT2D eigenvalue weighted by molar-refractivity contribution is 0.0597. The molecule has 154 valence electrons. The number of carbonyl (C=O) groups is 1. The van der Waals surface area contributed by atoms with Crippen molar-refractivity contribution in [3.63, 3.8) is 0 Å². The largest absolute Gasteiger partial charge is 0.496 e. The fourth-order valence-corrected chi connectivity index (χ4v) is 3.49. The van der Waals surface area contributed by atoms with Crippen molar-refractivity contribution in [2.75, 3.05) is 19.5 Å². The molecule has 0 fully saturated rings. The highest BCUT2D eigenvalue weighted by atomic mass is 32.1. The van der Waals surface area contributed by atoms with Gasteiger partial charge in [0.1, 0.15) is 23.1 Å². The van der Waals surface area contributed by atoms with E-state index >= 15 is 0 Å². The number of carbonyl (C=O) groups excluding carboxylic acids is 1. The van der Waals surface area contributed by atoms with E-state index in [1.54, 1.807) is 30.5 Å². The average molecular weight is 432 g/mol. The number of pyridine rings is 1. The molecule has 0 bridgehead atoms. The number of esters is 1. The third-order valence-electron chi connectivity index (χ3n) is 4.45. The number of thiazole rings is 1. The molecule has 0 aliphatic heterocycles. The minimum Gasteiger partial charge on any atom is -0.496 e. The lowest BCUT2D eigenvalue weighted by atomic mass is 10.1. The molecule has 8 nitrogen and oxygen atoms in total. The monoisotopic (exact) mass is 432 g/mol. The fraction of sp³-hybridized carbons (Fsp3) is 0.0909. The van der Waals surface area contributed by atoms with E-state index in [0.717, 1.165) is 5.69 Å². The van der Waals surface area contributed by atoms with Crippen LogP contribution in [0.4, 0.5) is 11.4 Å². The van der Waals surface area contributed by atoms with Crippen molar-refractivity contribution in [1.29, 1.82) is 5.26 Å². The van der Waals surface area contributed by atoms with Gasteiger partial charge >= 0.3 is 5.97 Å². The van der Waals surface area contributed by atoms with E-state index in [9.17, 15) is 10.1 Å². The van der Waals surface area contributed by atoms with E-state index in [-0.39, 0.29) is 5.56 Å². The first-order valence-electron chi connectivity index (χ1n) is 9.06. The second-order valence-electron chi connectivity index (χ2n) is 6.27. The van der Waals surface area contributed by atoms with Crippen molar-refractivity contribution >= 4 is 39.6 Å². The Kier molecular flexibility index (Phi) is 5.64. The summed E-state index contributed by atoms with van der Waals surface area (Å²) in [5, 5.41) is 15.8. The smallest absolute Gasteiger partial charge is 0.341 e. The lowest BCUT2D eigenvalue weighted by Crippen LogP contribution is -2.05. The summed E-state index contributed by atoms with van der Waals surface area (Å²) in [6.45, 7) is 0. The molecule has 0 amide bonds. The number of nitrogens with one attached hydrogen (secondary N) is 1. The van der Waals surface area contributed by atoms with E-state index in [1.807, 2.05) is 17.5 Å². The average Bonchev–Trinajstić information content (AvgIpc) is 3.32. The Labute approximate surface area is 181 Å². The molecule has 0 aliphatic carbocycles. The van der Waals surface area contributed by atoms with Gasteiger partial charge in [-0.1, -0.05) is 11.3 Å². The van der Waals surface area contributed by atoms with Crippen molar-refractivity contribution in [2.24, 2.45) is 0 Å². The summed E-state index contributed by atoms with van der Waals surface area (Å²) in [6, 6.07) is 12.6. The zero-order valence-corrected chi connectivity index (χ0v) is 17.4. The summed E-state index contributed by atoms with van der Waals surface area (Å²) >= 11 is 1.40. The predicted octanol–water partition coefficient (Wildman–Crippen LogP) is 4.89. The number of nitriles is 1. The van der Waals surface area contributed by atoms with Crippen molar-refractivity contribution < 1.29 is 19.0 Å². The molecule has 0 spiro atoms. The Bertz CT molecular complexity index is 1280. The maximum absolute atomic E-state index is 12.2. The molecule has 2 aromatic heterocycles. The summed E-state index contributed by atoms with van der Waals surface area (Å²) in [6.07, 6.45) is 3.15. The minimum atomic E-state index is -0.546. The first-order chi connectivity index (χ1) is 15.1. The zero-order valence-electron chi connectivity index (χ0n) is 16.6. The molecule has 4 aromatic rings. The van der Waals surface area contributed by atoms with Crippen LogP contribution in [0.2, 0.25) is 0 Å². The number of fused-ring (bicyclic) bond motifs is 1. The maximum atomic E-state index is 12.2. The van der Waals surface area contributed by atoms with Crippen LogP contribution in [-0.2, 0) is 4.74 Å². The lowest BCUT2D eigenvalue weighted by Gasteiger charge is -2.14. The van der Waals surface area contributed by atoms with Gasteiger partial charge in [-0.25, -0.2) is 9.78 Å². The van der Waals surface area contributed by atoms with Gasteiger partial charge < -0.3 is 19.5 Å². The molecular weight excluding hydrogens is 416 g/mol. The van der Waals surface area contributed by atoms with Gasteiger partial charge in [-0.05, 0) is 30.3 Å². The topological polar surface area (TPSA) is 106 Å². The van der Waals surface area contributed by atoms with E-state index in [4.69, 9.17) is 14.2 Å². The van der Waals surface area contributed by atoms with Gasteiger partial charge in [0.25, 0.3) is 5.19 Å². The Morgan fingerprint density at radius 1 is 1.16 bits per heavy atom. The van der Waals surface area contributed by atoms with Crippen LogP contribution < -0.4 is 14.8 Å². The number of ether oxygens (including phenoxy) is 3. The van der Waals surface area contributed by atoms with Crippen LogP contribution in [-0.4, -0.2) is 30.2 Å². The molecule has 0 radical (unpaired) electrons. The molecule has 0 aliphatic rings. The summed E-state index contributed by atoms with van der Waals surface area (Å²) < 4.78 is 15.8. The van der Waals surface area contributed by atoms with Crippen molar-refractivity contribution in [3.8, 4) is 22.8 Å². The molecule has 31 heavy (non-hydrogen) atoms. The molecule has 2 aromatic carbocycles. The quantitative estimate of drug-likeness (QED) is 0.429. The highest BCUT2D eigenvalue weighted by molar-refractivity contribution is 7.11. The first kappa shape index (κ1) is 20.1. The standard InChI is InChI=1S/C22H16N4O4S/c1-28-19-10-18-16(9-17(19)21(27)29-2)20(13(11-23)12-25-18)26-14-3-5-15(6-4-14)30-22-24-7-8-31-22/h3-10,12H,1-2H3,(H,25,26). The molecule has 1 N–H and O–H groups in total. The number of methoxy groups -OCH3 is 2. The van der Waals surface area contributed by atoms with E-state index in [2.05, 4.69) is 21.4 Å². The van der Waals surface area contributed by atoms with Gasteiger partial charge in [-0.2, -0.15) is 5.26 Å². The van der Waals surface area contributed by atoms with Crippen molar-refractivity contribution in [3.05, 3.63) is 65.3 Å². The molecular formula is C22H16N4O4S. The van der Waals surface area contributed by atoms with E-state index < -0.39 is 5.97 Å². The SMILES string of the molecule is COC(=O)c1cc2c(Nc3ccc(Oc4nccs4)cc3)c(C#N)cnc2cc1OC. The minimum absolute atomic E-state index is 0.240. The second-order valence-corrected chi connectivity index (χ2v) is 7.13. The Morgan fingerprint density at radius 2 is 1.97 bits per heavy atom. The molecule has 0 atom stereocenters. The highest BCUT2D eigenvalue weighted by Crippen LogP contribution is 2.34. The van der Waals surface area contributed by atoms with Gasteiger partial charge in [0.05, 0.1) is 31.0 Å². The molecule has 0 unspecified atom stereocenters. The van der Waals surface area contributed by atoms with Crippen LogP contribution >= 0.6 is 11.3 Å². The van der Waals surface area contributed by atoms with Crippen molar-refractivity contribution in [2.45, 2.75) is 0 Å². The molecule has 0 saturated heterocycles. The first-order valence-corrected chi connectivity index (χ1v) is 9.94. The number of rotatable bonds is 6. The number of aromatic nitrogens is 2. The molecule has 9 heteroatoms. The zero-order chi connectivity index (χ0) is 21.8. The maximum Gasteiger partial charge on any atom is 0.341 e. The van der Waals surface area contributed by atoms with Gasteiger partial charge in [0.15, 0.2) is 0 Å². The Morgan fingerprint density at radius 3 is 2.61 bits per heavy atom. The van der Waals surface area contributed by atoms with Crippen LogP contribution in [0.15, 0.2) is 54.2 Å². The highest BCUT2D eigenvalue weighted by Gasteiger charge is 2.18. The van der Waals surface area contributed by atoms with Crippen LogP contribution in [0.25, 0.3) is 10.9 Å². The molecule has 0 saturated carbocycles. The number of nitrogens with zero attached hydrogens (tertiary/aromatic N) is 3. The Hall–Kier alpha value is -4.16. The summed E-state index contributed by atoms with van der Waals surface area (Å²) in [5.41, 5.74) is 2.38. The van der Waals surface area contributed by atoms with Gasteiger partial charge in [0, 0.05) is 34.9 Å². The van der Waals surface area contributed by atoms with Gasteiger partial charge in [-0.3, -0.25) is 4.98 Å². The van der Waals surface area contributed by atoms with Crippen molar-refractivity contribution in [1.82, 2.24) is 9.97 Å². The third-order valence-corrected chi connectivity index (χ3v) is 5.10. The summed E-state index contributed by atoms with van der Waals surface area (Å²) in [7, 11) is 2.76. The summed E-state index contributed by atoms with van der Waals surface area (Å²) in [4.78, 5) is 20.6. The number of benzene rings is 2. The van der Waals surface area contributed by atoms with Gasteiger partial charge in [-0.15, -0.1) is 0 Å². The second kappa shape index (κ2) is 8.69. The molecule has 4 rings (SSSR count). The third kappa shape index (κ3) is 4.10. The van der Waals surface area contributed by atoms with Crippen LogP contribution in [0, 0.1) is 11.3 Å². The number of hydrogen-bond donors (Lipinski definition) is 1. The van der Waals surface area contributed by atoms with E-state index in [0.29, 0.717) is 38.8 Å². The fourth-order valence-electron chi connectivity index (χ4n) is 2.99. The normalized spacial score (nSPS) is 10.4. The Balaban J connectivity index is 1.73. The van der Waals surface area contributed by atoms with E-state index in [1.165, 1.54) is 31.8 Å². The van der Waals surface area contributed by atoms with Crippen LogP contribution in [0.3, 0.4) is 0 Å². The molecule has 2 heterocycles. The van der Waals surface area contributed by atoms with Gasteiger partial charge in [0.2, 0.25) is 0 Å². The number of anilines is 2. The van der Waals surface area contributed by atoms with Crippen LogP contribution in [0.1, 0.15) is 15.9 Å². The van der Waals surface area contributed by atoms with Crippen LogP contribution in [0.5, 0.6) is 16.7 Å². The summed E-state index contributed by atoms with van der Waals surface area (Å²) in [5.74, 6) is 0.431. The number of hydrogen-bond acceptors (Lipinski definition) is 9.